The second kappa shape index (κ2) is 10.1. The van der Waals surface area contributed by atoms with Crippen LogP contribution in [0.3, 0.4) is 0 Å². The third-order valence-corrected chi connectivity index (χ3v) is 4.26. The van der Waals surface area contributed by atoms with E-state index in [9.17, 15) is 19.5 Å². The summed E-state index contributed by atoms with van der Waals surface area (Å²) in [6.45, 7) is -0.0289. The van der Waals surface area contributed by atoms with Gasteiger partial charge in [-0.05, 0) is 30.7 Å². The van der Waals surface area contributed by atoms with Gasteiger partial charge in [0.2, 0.25) is 11.8 Å². The van der Waals surface area contributed by atoms with E-state index in [0.717, 1.165) is 0 Å². The van der Waals surface area contributed by atoms with Gasteiger partial charge in [0.05, 0.1) is 17.6 Å². The Hall–Kier alpha value is -4.59. The summed E-state index contributed by atoms with van der Waals surface area (Å²) in [5, 5.41) is 29.9. The fourth-order valence-electron chi connectivity index (χ4n) is 2.67. The Labute approximate surface area is 185 Å². The molecule has 1 unspecified atom stereocenters. The van der Waals surface area contributed by atoms with E-state index in [-0.39, 0.29) is 42.1 Å². The number of rotatable bonds is 10. The Morgan fingerprint density at radius 3 is 2.48 bits per heavy atom. The van der Waals surface area contributed by atoms with Crippen molar-refractivity contribution in [1.82, 2.24) is 25.3 Å². The first-order chi connectivity index (χ1) is 15.7. The van der Waals surface area contributed by atoms with E-state index in [4.69, 9.17) is 20.8 Å². The van der Waals surface area contributed by atoms with Gasteiger partial charge >= 0.3 is 11.9 Å². The molecule has 0 aliphatic carbocycles. The predicted octanol–water partition coefficient (Wildman–Crippen LogP) is 0.299. The van der Waals surface area contributed by atoms with Gasteiger partial charge in [-0.2, -0.15) is 9.97 Å². The summed E-state index contributed by atoms with van der Waals surface area (Å²) < 4.78 is 0. The average molecular weight is 457 g/mol. The van der Waals surface area contributed by atoms with Crippen molar-refractivity contribution in [3.63, 3.8) is 0 Å². The second-order valence-electron chi connectivity index (χ2n) is 6.70. The minimum Gasteiger partial charge on any atom is -0.492 e. The molecule has 3 rings (SSSR count). The van der Waals surface area contributed by atoms with Crippen LogP contribution in [0.2, 0.25) is 0 Å². The van der Waals surface area contributed by atoms with Crippen molar-refractivity contribution in [2.75, 3.05) is 11.2 Å². The lowest BCUT2D eigenvalue weighted by atomic mass is 10.1. The SMILES string of the molecule is Nc1nc(O)c2nc(CONc3ccc(C(=O)NC(CCC(=O)O)C(=O)O)cc3)cnc2n1. The molecule has 2 aromatic heterocycles. The summed E-state index contributed by atoms with van der Waals surface area (Å²) in [4.78, 5) is 55.1. The van der Waals surface area contributed by atoms with Crippen molar-refractivity contribution in [3.8, 4) is 5.88 Å². The van der Waals surface area contributed by atoms with Gasteiger partial charge in [-0.15, -0.1) is 0 Å². The number of carboxylic acid groups (broad SMARTS) is 2. The summed E-state index contributed by atoms with van der Waals surface area (Å²) in [7, 11) is 0. The molecule has 7 N–H and O–H groups in total. The lowest BCUT2D eigenvalue weighted by molar-refractivity contribution is -0.140. The van der Waals surface area contributed by atoms with Gasteiger partial charge in [-0.25, -0.2) is 14.8 Å². The number of nitrogen functional groups attached to an aromatic ring is 1. The zero-order valence-corrected chi connectivity index (χ0v) is 16.9. The largest absolute Gasteiger partial charge is 0.492 e. The molecular formula is C19H19N7O7. The Morgan fingerprint density at radius 2 is 1.82 bits per heavy atom. The van der Waals surface area contributed by atoms with E-state index < -0.39 is 29.8 Å². The number of carbonyl (C=O) groups excluding carboxylic acids is 1. The molecule has 0 aliphatic heterocycles. The van der Waals surface area contributed by atoms with Crippen LogP contribution in [0.5, 0.6) is 5.88 Å². The number of anilines is 2. The van der Waals surface area contributed by atoms with Crippen LogP contribution >= 0.6 is 0 Å². The maximum absolute atomic E-state index is 12.2. The molecule has 14 heteroatoms. The Bertz CT molecular complexity index is 1190. The summed E-state index contributed by atoms with van der Waals surface area (Å²) in [6, 6.07) is 4.60. The van der Waals surface area contributed by atoms with Crippen molar-refractivity contribution < 1.29 is 34.5 Å². The van der Waals surface area contributed by atoms with E-state index in [1.54, 1.807) is 0 Å². The molecule has 0 saturated heterocycles. The molecule has 33 heavy (non-hydrogen) atoms. The standard InChI is InChI=1S/C19H19N7O7/c20-19-24-15-14(17(30)25-19)22-11(7-21-15)8-33-26-10-3-1-9(2-4-10)16(29)23-12(18(31)32)5-6-13(27)28/h1-4,7,12,26H,5-6,8H2,(H,23,29)(H,27,28)(H,31,32)(H3,20,21,24,25,30). The predicted molar refractivity (Wildman–Crippen MR) is 112 cm³/mol. The molecule has 0 radical (unpaired) electrons. The third-order valence-electron chi connectivity index (χ3n) is 4.26. The number of amides is 1. The van der Waals surface area contributed by atoms with Crippen molar-refractivity contribution in [2.24, 2.45) is 0 Å². The monoisotopic (exact) mass is 457 g/mol. The molecule has 0 spiro atoms. The van der Waals surface area contributed by atoms with Crippen LogP contribution < -0.4 is 16.5 Å². The maximum atomic E-state index is 12.2. The molecule has 2 heterocycles. The number of nitrogens with zero attached hydrogens (tertiary/aromatic N) is 4. The summed E-state index contributed by atoms with van der Waals surface area (Å²) in [5.74, 6) is -3.67. The number of aliphatic carboxylic acids is 2. The highest BCUT2D eigenvalue weighted by molar-refractivity contribution is 5.96. The highest BCUT2D eigenvalue weighted by Gasteiger charge is 2.21. The summed E-state index contributed by atoms with van der Waals surface area (Å²) in [5.41, 5.74) is 9.34. The first-order valence-electron chi connectivity index (χ1n) is 9.44. The maximum Gasteiger partial charge on any atom is 0.326 e. The van der Waals surface area contributed by atoms with Gasteiger partial charge < -0.3 is 26.4 Å². The van der Waals surface area contributed by atoms with E-state index in [0.29, 0.717) is 11.4 Å². The van der Waals surface area contributed by atoms with Gasteiger partial charge in [0.25, 0.3) is 5.91 Å². The van der Waals surface area contributed by atoms with Gasteiger partial charge in [-0.1, -0.05) is 0 Å². The molecular weight excluding hydrogens is 438 g/mol. The lowest BCUT2D eigenvalue weighted by Gasteiger charge is -2.14. The van der Waals surface area contributed by atoms with Gasteiger partial charge in [0.15, 0.2) is 11.2 Å². The molecule has 1 atom stereocenters. The smallest absolute Gasteiger partial charge is 0.326 e. The quantitative estimate of drug-likeness (QED) is 0.226. The summed E-state index contributed by atoms with van der Waals surface area (Å²) in [6.07, 6.45) is 0.769. The highest BCUT2D eigenvalue weighted by Crippen LogP contribution is 2.18. The van der Waals surface area contributed by atoms with Crippen molar-refractivity contribution in [1.29, 1.82) is 0 Å². The van der Waals surface area contributed by atoms with Crippen LogP contribution in [0.15, 0.2) is 30.5 Å². The Balaban J connectivity index is 1.55. The van der Waals surface area contributed by atoms with Crippen LogP contribution in [-0.2, 0) is 21.0 Å². The second-order valence-corrected chi connectivity index (χ2v) is 6.70. The number of nitrogens with two attached hydrogens (primary N) is 1. The van der Waals surface area contributed by atoms with Crippen LogP contribution in [0.25, 0.3) is 11.2 Å². The number of aromatic hydroxyl groups is 1. The van der Waals surface area contributed by atoms with Gasteiger partial charge in [0, 0.05) is 12.0 Å². The minimum atomic E-state index is -1.32. The number of aromatic nitrogens is 4. The molecule has 0 bridgehead atoms. The molecule has 3 aromatic rings. The normalized spacial score (nSPS) is 11.6. The number of benzene rings is 1. The molecule has 172 valence electrons. The number of fused-ring (bicyclic) bond motifs is 1. The number of carboxylic acids is 2. The molecule has 1 amide bonds. The summed E-state index contributed by atoms with van der Waals surface area (Å²) >= 11 is 0. The van der Waals surface area contributed by atoms with Crippen molar-refractivity contribution >= 4 is 40.6 Å². The Morgan fingerprint density at radius 1 is 1.09 bits per heavy atom. The van der Waals surface area contributed by atoms with Crippen molar-refractivity contribution in [2.45, 2.75) is 25.5 Å². The zero-order chi connectivity index (χ0) is 24.0. The Kier molecular flexibility index (Phi) is 7.10. The topological polar surface area (TPSA) is 223 Å². The first-order valence-corrected chi connectivity index (χ1v) is 9.44. The molecule has 1 aromatic carbocycles. The average Bonchev–Trinajstić information content (AvgIpc) is 2.77. The van der Waals surface area contributed by atoms with Crippen LogP contribution in [0.4, 0.5) is 11.6 Å². The molecule has 0 saturated carbocycles. The van der Waals surface area contributed by atoms with E-state index in [1.807, 2.05) is 0 Å². The van der Waals surface area contributed by atoms with Gasteiger partial charge in [0.1, 0.15) is 12.6 Å². The molecule has 14 nitrogen and oxygen atoms in total. The van der Waals surface area contributed by atoms with Gasteiger partial charge in [-0.3, -0.25) is 19.9 Å². The van der Waals surface area contributed by atoms with E-state index >= 15 is 0 Å². The number of hydrogen-bond donors (Lipinski definition) is 6. The lowest BCUT2D eigenvalue weighted by Crippen LogP contribution is -2.41. The first kappa shape index (κ1) is 23.1. The number of carbonyl (C=O) groups is 3. The highest BCUT2D eigenvalue weighted by atomic mass is 16.6. The number of hydrogen-bond acceptors (Lipinski definition) is 11. The molecule has 0 aliphatic rings. The number of nitrogens with one attached hydrogen (secondary N) is 2. The van der Waals surface area contributed by atoms with Crippen molar-refractivity contribution in [3.05, 3.63) is 41.7 Å². The molecule has 0 fully saturated rings. The van der Waals surface area contributed by atoms with E-state index in [2.05, 4.69) is 30.7 Å². The van der Waals surface area contributed by atoms with Crippen LogP contribution in [-0.4, -0.2) is 59.1 Å². The van der Waals surface area contributed by atoms with Crippen LogP contribution in [0, 0.1) is 0 Å². The van der Waals surface area contributed by atoms with Crippen LogP contribution in [0.1, 0.15) is 28.9 Å². The zero-order valence-electron chi connectivity index (χ0n) is 16.9. The third kappa shape index (κ3) is 6.20. The van der Waals surface area contributed by atoms with E-state index in [1.165, 1.54) is 30.5 Å². The minimum absolute atomic E-state index is 0.0289. The fraction of sp³-hybridized carbons (Fsp3) is 0.211. The fourth-order valence-corrected chi connectivity index (χ4v) is 2.67.